The van der Waals surface area contributed by atoms with Crippen molar-refractivity contribution in [2.75, 3.05) is 7.11 Å². The summed E-state index contributed by atoms with van der Waals surface area (Å²) >= 11 is 0. The third-order valence-electron chi connectivity index (χ3n) is 5.46. The molecule has 158 valence electrons. The summed E-state index contributed by atoms with van der Waals surface area (Å²) in [5.74, 6) is 0.155. The van der Waals surface area contributed by atoms with Crippen LogP contribution >= 0.6 is 0 Å². The quantitative estimate of drug-likeness (QED) is 0.393. The highest BCUT2D eigenvalue weighted by atomic mass is 19.1. The fraction of sp³-hybridized carbons (Fsp3) is 0.0769. The average Bonchev–Trinajstić information content (AvgIpc) is 3.21. The summed E-state index contributed by atoms with van der Waals surface area (Å²) in [4.78, 5) is 21.1. The number of nitrogens with zero attached hydrogens (tertiary/aromatic N) is 1. The van der Waals surface area contributed by atoms with Gasteiger partial charge in [-0.2, -0.15) is 0 Å². The standard InChI is InChI=1S/C26H20FN3O2/c1-32-19-12-6-16(7-13-19)15-28-26(31)23-14-21-20-4-2-3-5-22(20)29-25(21)24(30-23)17-8-10-18(27)11-9-17/h2-14,29H,15H2,1H3,(H,28,31). The maximum absolute atomic E-state index is 13.5. The minimum absolute atomic E-state index is 0.281. The van der Waals surface area contributed by atoms with E-state index >= 15 is 0 Å². The number of nitrogens with one attached hydrogen (secondary N) is 2. The number of halogens is 1. The van der Waals surface area contributed by atoms with Crippen LogP contribution < -0.4 is 10.1 Å². The third-order valence-corrected chi connectivity index (χ3v) is 5.46. The van der Waals surface area contributed by atoms with Gasteiger partial charge in [-0.25, -0.2) is 9.37 Å². The van der Waals surface area contributed by atoms with Crippen LogP contribution in [-0.4, -0.2) is 23.0 Å². The fourth-order valence-corrected chi connectivity index (χ4v) is 3.79. The van der Waals surface area contributed by atoms with Gasteiger partial charge < -0.3 is 15.0 Å². The molecule has 0 unspecified atom stereocenters. The summed E-state index contributed by atoms with van der Waals surface area (Å²) in [6, 6.07) is 23.3. The minimum Gasteiger partial charge on any atom is -0.497 e. The first-order valence-corrected chi connectivity index (χ1v) is 10.2. The third kappa shape index (κ3) is 3.67. The molecule has 0 saturated heterocycles. The van der Waals surface area contributed by atoms with Crippen molar-refractivity contribution in [1.29, 1.82) is 0 Å². The van der Waals surface area contributed by atoms with E-state index < -0.39 is 0 Å². The number of para-hydroxylation sites is 1. The number of aromatic nitrogens is 2. The number of ether oxygens (including phenoxy) is 1. The Morgan fingerprint density at radius 1 is 1.00 bits per heavy atom. The topological polar surface area (TPSA) is 67.0 Å². The van der Waals surface area contributed by atoms with Crippen LogP contribution in [0.15, 0.2) is 78.9 Å². The second kappa shape index (κ2) is 8.15. The Morgan fingerprint density at radius 3 is 2.50 bits per heavy atom. The summed E-state index contributed by atoms with van der Waals surface area (Å²) in [7, 11) is 1.61. The van der Waals surface area contributed by atoms with Crippen molar-refractivity contribution in [3.63, 3.8) is 0 Å². The summed E-state index contributed by atoms with van der Waals surface area (Å²) < 4.78 is 18.7. The molecule has 0 aliphatic carbocycles. The van der Waals surface area contributed by atoms with Gasteiger partial charge in [-0.05, 0) is 54.1 Å². The van der Waals surface area contributed by atoms with Crippen LogP contribution in [0.3, 0.4) is 0 Å². The van der Waals surface area contributed by atoms with Gasteiger partial charge in [-0.15, -0.1) is 0 Å². The second-order valence-corrected chi connectivity index (χ2v) is 7.49. The Kier molecular flexibility index (Phi) is 5.03. The van der Waals surface area contributed by atoms with Crippen molar-refractivity contribution in [3.05, 3.63) is 95.9 Å². The lowest BCUT2D eigenvalue weighted by atomic mass is 10.1. The maximum atomic E-state index is 13.5. The zero-order chi connectivity index (χ0) is 22.1. The van der Waals surface area contributed by atoms with Gasteiger partial charge in [0.25, 0.3) is 5.91 Å². The first-order chi connectivity index (χ1) is 15.6. The molecule has 2 aromatic heterocycles. The molecule has 0 atom stereocenters. The summed E-state index contributed by atoms with van der Waals surface area (Å²) in [6.45, 7) is 0.363. The highest BCUT2D eigenvalue weighted by Crippen LogP contribution is 2.32. The number of pyridine rings is 1. The number of rotatable bonds is 5. The summed E-state index contributed by atoms with van der Waals surface area (Å²) in [6.07, 6.45) is 0. The van der Waals surface area contributed by atoms with Crippen molar-refractivity contribution >= 4 is 27.7 Å². The summed E-state index contributed by atoms with van der Waals surface area (Å²) in [5, 5.41) is 4.82. The van der Waals surface area contributed by atoms with Gasteiger partial charge in [0.1, 0.15) is 17.3 Å². The summed E-state index contributed by atoms with van der Waals surface area (Å²) in [5.41, 5.74) is 4.34. The zero-order valence-electron chi connectivity index (χ0n) is 17.4. The van der Waals surface area contributed by atoms with Crippen LogP contribution in [0.1, 0.15) is 16.1 Å². The molecule has 0 saturated carbocycles. The van der Waals surface area contributed by atoms with E-state index in [0.717, 1.165) is 38.7 Å². The number of carbonyl (C=O) groups is 1. The molecule has 0 spiro atoms. The SMILES string of the molecule is COc1ccc(CNC(=O)c2cc3c([nH]c4ccccc43)c(-c3ccc(F)cc3)n2)cc1. The number of amides is 1. The molecule has 32 heavy (non-hydrogen) atoms. The number of aromatic amines is 1. The van der Waals surface area contributed by atoms with Crippen molar-refractivity contribution in [1.82, 2.24) is 15.3 Å². The van der Waals surface area contributed by atoms with E-state index in [0.29, 0.717) is 17.9 Å². The van der Waals surface area contributed by atoms with E-state index in [2.05, 4.69) is 15.3 Å². The van der Waals surface area contributed by atoms with E-state index in [4.69, 9.17) is 4.74 Å². The molecule has 0 bridgehead atoms. The highest BCUT2D eigenvalue weighted by Gasteiger charge is 2.17. The molecule has 1 amide bonds. The molecule has 2 N–H and O–H groups in total. The molecular weight excluding hydrogens is 405 g/mol. The van der Waals surface area contributed by atoms with E-state index in [9.17, 15) is 9.18 Å². The van der Waals surface area contributed by atoms with Crippen LogP contribution in [-0.2, 0) is 6.54 Å². The van der Waals surface area contributed by atoms with Gasteiger partial charge in [0.05, 0.1) is 18.3 Å². The van der Waals surface area contributed by atoms with Crippen LogP contribution in [0.4, 0.5) is 4.39 Å². The Morgan fingerprint density at radius 2 is 1.75 bits per heavy atom. The zero-order valence-corrected chi connectivity index (χ0v) is 17.4. The van der Waals surface area contributed by atoms with Crippen molar-refractivity contribution in [2.45, 2.75) is 6.54 Å². The fourth-order valence-electron chi connectivity index (χ4n) is 3.79. The molecule has 2 heterocycles. The molecule has 5 rings (SSSR count). The molecule has 0 radical (unpaired) electrons. The smallest absolute Gasteiger partial charge is 0.270 e. The molecule has 6 heteroatoms. The molecule has 3 aromatic carbocycles. The Bertz CT molecular complexity index is 1420. The number of hydrogen-bond donors (Lipinski definition) is 2. The number of methoxy groups -OCH3 is 1. The van der Waals surface area contributed by atoms with E-state index in [1.165, 1.54) is 12.1 Å². The molecular formula is C26H20FN3O2. The van der Waals surface area contributed by atoms with Crippen molar-refractivity contribution < 1.29 is 13.9 Å². The first kappa shape index (κ1) is 19.8. The first-order valence-electron chi connectivity index (χ1n) is 10.2. The number of fused-ring (bicyclic) bond motifs is 3. The van der Waals surface area contributed by atoms with Gasteiger partial charge in [0.2, 0.25) is 0 Å². The Balaban J connectivity index is 1.55. The molecule has 5 aromatic rings. The molecule has 0 fully saturated rings. The molecule has 0 aliphatic rings. The lowest BCUT2D eigenvalue weighted by Gasteiger charge is -2.09. The van der Waals surface area contributed by atoms with E-state index in [-0.39, 0.29) is 11.7 Å². The lowest BCUT2D eigenvalue weighted by Crippen LogP contribution is -2.24. The molecule has 5 nitrogen and oxygen atoms in total. The van der Waals surface area contributed by atoms with Crippen LogP contribution in [0.25, 0.3) is 33.1 Å². The monoisotopic (exact) mass is 425 g/mol. The maximum Gasteiger partial charge on any atom is 0.270 e. The van der Waals surface area contributed by atoms with Gasteiger partial charge in [0.15, 0.2) is 0 Å². The largest absolute Gasteiger partial charge is 0.497 e. The Labute approximate surface area is 183 Å². The lowest BCUT2D eigenvalue weighted by molar-refractivity contribution is 0.0946. The van der Waals surface area contributed by atoms with Gasteiger partial charge >= 0.3 is 0 Å². The van der Waals surface area contributed by atoms with Crippen LogP contribution in [0, 0.1) is 5.82 Å². The van der Waals surface area contributed by atoms with Crippen LogP contribution in [0.5, 0.6) is 5.75 Å². The predicted molar refractivity (Wildman–Crippen MR) is 123 cm³/mol. The number of carbonyl (C=O) groups excluding carboxylic acids is 1. The number of hydrogen-bond acceptors (Lipinski definition) is 3. The Hall–Kier alpha value is -4.19. The number of H-pyrrole nitrogens is 1. The van der Waals surface area contributed by atoms with E-state index in [1.807, 2.05) is 48.5 Å². The van der Waals surface area contributed by atoms with Crippen LogP contribution in [0.2, 0.25) is 0 Å². The van der Waals surface area contributed by atoms with Gasteiger partial charge in [-0.3, -0.25) is 4.79 Å². The van der Waals surface area contributed by atoms with Crippen molar-refractivity contribution in [3.8, 4) is 17.0 Å². The normalized spacial score (nSPS) is 11.1. The number of benzene rings is 3. The van der Waals surface area contributed by atoms with Gasteiger partial charge in [0, 0.05) is 28.4 Å². The van der Waals surface area contributed by atoms with Crippen molar-refractivity contribution in [2.24, 2.45) is 0 Å². The highest BCUT2D eigenvalue weighted by molar-refractivity contribution is 6.13. The molecule has 0 aliphatic heterocycles. The van der Waals surface area contributed by atoms with Gasteiger partial charge in [-0.1, -0.05) is 30.3 Å². The van der Waals surface area contributed by atoms with E-state index in [1.54, 1.807) is 25.3 Å². The average molecular weight is 425 g/mol. The predicted octanol–water partition coefficient (Wildman–Crippen LogP) is 5.46. The minimum atomic E-state index is -0.324. The second-order valence-electron chi connectivity index (χ2n) is 7.49.